The maximum atomic E-state index is 11.1. The first-order valence-corrected chi connectivity index (χ1v) is 6.97. The number of aromatic nitrogens is 3. The first kappa shape index (κ1) is 14.0. The number of fused-ring (bicyclic) bond motifs is 1. The summed E-state index contributed by atoms with van der Waals surface area (Å²) in [6.45, 7) is 3.67. The number of ether oxygens (including phenoxy) is 1. The van der Waals surface area contributed by atoms with E-state index in [-0.39, 0.29) is 0 Å². The second-order valence-corrected chi connectivity index (χ2v) is 4.73. The number of carbonyl (C=O) groups is 1. The molecule has 0 bridgehead atoms. The van der Waals surface area contributed by atoms with Crippen LogP contribution in [0.4, 0.5) is 0 Å². The number of hydrogen-bond acceptors (Lipinski definition) is 4. The number of rotatable bonds is 5. The largest absolute Gasteiger partial charge is 0.462 e. The van der Waals surface area contributed by atoms with Crippen molar-refractivity contribution in [2.45, 2.75) is 6.42 Å². The number of hydrogen-bond donors (Lipinski definition) is 0. The molecule has 0 atom stereocenters. The first-order chi connectivity index (χ1) is 10.8. The van der Waals surface area contributed by atoms with E-state index in [1.807, 2.05) is 48.5 Å². The Morgan fingerprint density at radius 1 is 1.09 bits per heavy atom. The van der Waals surface area contributed by atoms with Gasteiger partial charge in [0.15, 0.2) is 0 Å². The van der Waals surface area contributed by atoms with E-state index in [4.69, 9.17) is 4.74 Å². The van der Waals surface area contributed by atoms with Crippen LogP contribution in [0, 0.1) is 0 Å². The van der Waals surface area contributed by atoms with Gasteiger partial charge in [-0.1, -0.05) is 36.9 Å². The van der Waals surface area contributed by atoms with Crippen LogP contribution in [0.25, 0.3) is 16.7 Å². The molecule has 0 saturated heterocycles. The molecule has 1 aromatic heterocycles. The van der Waals surface area contributed by atoms with Crippen molar-refractivity contribution in [2.24, 2.45) is 0 Å². The average Bonchev–Trinajstić information content (AvgIpc) is 2.99. The fraction of sp³-hybridized carbons (Fsp3) is 0.118. The minimum absolute atomic E-state index is 0.294. The number of benzene rings is 2. The molecule has 2 aromatic carbocycles. The van der Waals surface area contributed by atoms with Gasteiger partial charge in [-0.3, -0.25) is 0 Å². The monoisotopic (exact) mass is 293 g/mol. The molecule has 0 radical (unpaired) electrons. The van der Waals surface area contributed by atoms with Gasteiger partial charge >= 0.3 is 5.97 Å². The lowest BCUT2D eigenvalue weighted by Crippen LogP contribution is -2.08. The molecule has 22 heavy (non-hydrogen) atoms. The Bertz CT molecular complexity index is 790. The van der Waals surface area contributed by atoms with Crippen molar-refractivity contribution in [1.82, 2.24) is 15.0 Å². The second kappa shape index (κ2) is 6.22. The van der Waals surface area contributed by atoms with Gasteiger partial charge in [0.05, 0.1) is 12.3 Å². The van der Waals surface area contributed by atoms with Crippen LogP contribution < -0.4 is 0 Å². The molecule has 0 amide bonds. The summed E-state index contributed by atoms with van der Waals surface area (Å²) in [7, 11) is 0. The summed E-state index contributed by atoms with van der Waals surface area (Å²) in [6.07, 6.45) is 1.75. The van der Waals surface area contributed by atoms with E-state index in [2.05, 4.69) is 16.8 Å². The average molecular weight is 293 g/mol. The van der Waals surface area contributed by atoms with E-state index in [9.17, 15) is 4.79 Å². The molecule has 3 rings (SSSR count). The van der Waals surface area contributed by atoms with Gasteiger partial charge in [-0.05, 0) is 23.8 Å². The smallest absolute Gasteiger partial charge is 0.330 e. The van der Waals surface area contributed by atoms with Gasteiger partial charge in [-0.15, -0.1) is 10.2 Å². The summed E-state index contributed by atoms with van der Waals surface area (Å²) < 4.78 is 5.04. The van der Waals surface area contributed by atoms with Gasteiger partial charge in [0.25, 0.3) is 0 Å². The van der Waals surface area contributed by atoms with Crippen molar-refractivity contribution in [3.05, 3.63) is 66.7 Å². The van der Waals surface area contributed by atoms with Crippen molar-refractivity contribution >= 4 is 17.0 Å². The number of esters is 1. The highest BCUT2D eigenvalue weighted by atomic mass is 16.5. The van der Waals surface area contributed by atoms with Gasteiger partial charge in [0, 0.05) is 12.5 Å². The summed E-state index contributed by atoms with van der Waals surface area (Å²) in [5.41, 5.74) is 3.58. The highest BCUT2D eigenvalue weighted by Gasteiger charge is 2.09. The molecule has 3 aromatic rings. The number of carbonyl (C=O) groups excluding carboxylic acids is 1. The highest BCUT2D eigenvalue weighted by Crippen LogP contribution is 2.16. The second-order valence-electron chi connectivity index (χ2n) is 4.73. The van der Waals surface area contributed by atoms with Gasteiger partial charge in [0.1, 0.15) is 11.0 Å². The molecule has 5 nitrogen and oxygen atoms in total. The van der Waals surface area contributed by atoms with Gasteiger partial charge < -0.3 is 4.74 Å². The predicted octanol–water partition coefficient (Wildman–Crippen LogP) is 2.69. The minimum atomic E-state index is -0.416. The van der Waals surface area contributed by atoms with Crippen molar-refractivity contribution in [3.63, 3.8) is 0 Å². The maximum Gasteiger partial charge on any atom is 0.330 e. The topological polar surface area (TPSA) is 57.0 Å². The zero-order valence-electron chi connectivity index (χ0n) is 12.0. The van der Waals surface area contributed by atoms with Crippen molar-refractivity contribution < 1.29 is 9.53 Å². The lowest BCUT2D eigenvalue weighted by Gasteiger charge is -2.08. The van der Waals surface area contributed by atoms with E-state index in [0.29, 0.717) is 13.0 Å². The van der Waals surface area contributed by atoms with Crippen LogP contribution in [0.15, 0.2) is 61.2 Å². The fourth-order valence-corrected chi connectivity index (χ4v) is 2.21. The summed E-state index contributed by atoms with van der Waals surface area (Å²) in [4.78, 5) is 12.7. The SMILES string of the molecule is C=CC(=O)OCCc1ccccc1-n1nc2ccccc2n1. The molecule has 0 saturated carbocycles. The third kappa shape index (κ3) is 2.88. The molecule has 110 valence electrons. The van der Waals surface area contributed by atoms with Crippen LogP contribution in [-0.2, 0) is 16.0 Å². The molecule has 0 N–H and O–H groups in total. The molecule has 5 heteroatoms. The minimum Gasteiger partial charge on any atom is -0.462 e. The van der Waals surface area contributed by atoms with Crippen LogP contribution in [0.1, 0.15) is 5.56 Å². The molecule has 0 aliphatic heterocycles. The highest BCUT2D eigenvalue weighted by molar-refractivity contribution is 5.81. The zero-order valence-corrected chi connectivity index (χ0v) is 12.0. The van der Waals surface area contributed by atoms with E-state index in [1.165, 1.54) is 0 Å². The number of para-hydroxylation sites is 1. The Morgan fingerprint density at radius 2 is 1.73 bits per heavy atom. The fourth-order valence-electron chi connectivity index (χ4n) is 2.21. The Balaban J connectivity index is 1.87. The Labute approximate surface area is 127 Å². The molecule has 0 fully saturated rings. The Hall–Kier alpha value is -2.95. The third-order valence-corrected chi connectivity index (χ3v) is 3.28. The summed E-state index contributed by atoms with van der Waals surface area (Å²) >= 11 is 0. The third-order valence-electron chi connectivity index (χ3n) is 3.28. The Morgan fingerprint density at radius 3 is 2.41 bits per heavy atom. The quantitative estimate of drug-likeness (QED) is 0.536. The zero-order chi connectivity index (χ0) is 15.4. The molecule has 0 spiro atoms. The van der Waals surface area contributed by atoms with Gasteiger partial charge in [0.2, 0.25) is 0 Å². The Kier molecular flexibility index (Phi) is 3.96. The molecular weight excluding hydrogens is 278 g/mol. The molecule has 1 heterocycles. The van der Waals surface area contributed by atoms with Crippen LogP contribution in [-0.4, -0.2) is 27.6 Å². The molecular formula is C17H15N3O2. The van der Waals surface area contributed by atoms with Crippen LogP contribution in [0.3, 0.4) is 0 Å². The molecule has 0 unspecified atom stereocenters. The lowest BCUT2D eigenvalue weighted by atomic mass is 10.1. The molecule has 0 aliphatic carbocycles. The van der Waals surface area contributed by atoms with E-state index < -0.39 is 5.97 Å². The normalized spacial score (nSPS) is 10.5. The van der Waals surface area contributed by atoms with Crippen LogP contribution in [0.2, 0.25) is 0 Å². The lowest BCUT2D eigenvalue weighted by molar-refractivity contribution is -0.137. The van der Waals surface area contributed by atoms with Crippen molar-refractivity contribution in [2.75, 3.05) is 6.61 Å². The molecule has 0 aliphatic rings. The van der Waals surface area contributed by atoms with Gasteiger partial charge in [-0.25, -0.2) is 4.79 Å². The van der Waals surface area contributed by atoms with E-state index in [0.717, 1.165) is 28.4 Å². The van der Waals surface area contributed by atoms with E-state index >= 15 is 0 Å². The predicted molar refractivity (Wildman–Crippen MR) is 83.7 cm³/mol. The summed E-state index contributed by atoms with van der Waals surface area (Å²) in [5.74, 6) is -0.416. The van der Waals surface area contributed by atoms with E-state index in [1.54, 1.807) is 4.80 Å². The van der Waals surface area contributed by atoms with Gasteiger partial charge in [-0.2, -0.15) is 4.80 Å². The summed E-state index contributed by atoms with van der Waals surface area (Å²) in [5, 5.41) is 8.97. The van der Waals surface area contributed by atoms with Crippen LogP contribution in [0.5, 0.6) is 0 Å². The van der Waals surface area contributed by atoms with Crippen LogP contribution >= 0.6 is 0 Å². The van der Waals surface area contributed by atoms with Crippen molar-refractivity contribution in [1.29, 1.82) is 0 Å². The first-order valence-electron chi connectivity index (χ1n) is 6.97. The number of nitrogens with zero attached hydrogens (tertiary/aromatic N) is 3. The standard InChI is InChI=1S/C17H15N3O2/c1-2-17(21)22-12-11-13-7-3-6-10-16(13)20-18-14-8-4-5-9-15(14)19-20/h2-10H,1,11-12H2. The maximum absolute atomic E-state index is 11.1. The van der Waals surface area contributed by atoms with Crippen molar-refractivity contribution in [3.8, 4) is 5.69 Å². The summed E-state index contributed by atoms with van der Waals surface area (Å²) in [6, 6.07) is 15.5.